The number of carbonyl (C=O) groups is 2. The van der Waals surface area contributed by atoms with E-state index >= 15 is 0 Å². The van der Waals surface area contributed by atoms with Crippen LogP contribution in [0.15, 0.2) is 54.9 Å². The molecule has 1 aromatic carbocycles. The molecule has 4 aromatic rings. The van der Waals surface area contributed by atoms with Gasteiger partial charge in [-0.25, -0.2) is 4.98 Å². The molecule has 9 heteroatoms. The van der Waals surface area contributed by atoms with E-state index in [0.717, 1.165) is 35.2 Å². The Morgan fingerprint density at radius 2 is 1.69 bits per heavy atom. The Morgan fingerprint density at radius 3 is 2.28 bits per heavy atom. The molecule has 3 N–H and O–H groups in total. The first kappa shape index (κ1) is 25.2. The summed E-state index contributed by atoms with van der Waals surface area (Å²) in [5, 5.41) is 14.9. The maximum absolute atomic E-state index is 13.0. The molecule has 2 unspecified atom stereocenters. The number of piperidine rings is 1. The van der Waals surface area contributed by atoms with Crippen LogP contribution in [0.3, 0.4) is 0 Å². The summed E-state index contributed by atoms with van der Waals surface area (Å²) in [6.07, 6.45) is 6.58. The van der Waals surface area contributed by atoms with Crippen molar-refractivity contribution in [3.8, 4) is 22.4 Å². The van der Waals surface area contributed by atoms with Crippen molar-refractivity contribution in [2.75, 3.05) is 5.73 Å². The highest BCUT2D eigenvalue weighted by Crippen LogP contribution is 2.45. The third kappa shape index (κ3) is 4.27. The van der Waals surface area contributed by atoms with Crippen LogP contribution >= 0.6 is 0 Å². The van der Waals surface area contributed by atoms with Crippen molar-refractivity contribution in [3.05, 3.63) is 66.1 Å². The van der Waals surface area contributed by atoms with Gasteiger partial charge in [0.1, 0.15) is 11.4 Å². The van der Waals surface area contributed by atoms with Gasteiger partial charge in [0.15, 0.2) is 11.4 Å². The molecule has 2 aliphatic rings. The predicted molar refractivity (Wildman–Crippen MR) is 148 cm³/mol. The van der Waals surface area contributed by atoms with Crippen molar-refractivity contribution >= 4 is 23.2 Å². The number of pyridine rings is 1. The van der Waals surface area contributed by atoms with Gasteiger partial charge in [-0.15, -0.1) is 0 Å². The van der Waals surface area contributed by atoms with Gasteiger partial charge in [0.2, 0.25) is 0 Å². The second kappa shape index (κ2) is 9.27. The van der Waals surface area contributed by atoms with Gasteiger partial charge in [0.25, 0.3) is 5.91 Å². The highest BCUT2D eigenvalue weighted by Gasteiger charge is 2.47. The SMILES string of the molecule is CC(=O)c1c(C2CC3CCC(C2)N3C(=O)C(C)(C)O)nc2c(-c3ccc(-c4ccccc4)nc3)cnn2c1N. The average Bonchev–Trinajstić information content (AvgIpc) is 3.45. The van der Waals surface area contributed by atoms with Crippen LogP contribution in [-0.4, -0.2) is 59.0 Å². The Kier molecular flexibility index (Phi) is 5.99. The van der Waals surface area contributed by atoms with Crippen molar-refractivity contribution < 1.29 is 14.7 Å². The number of hydrogen-bond donors (Lipinski definition) is 2. The molecule has 0 spiro atoms. The second-order valence-electron chi connectivity index (χ2n) is 11.2. The van der Waals surface area contributed by atoms with E-state index in [1.165, 1.54) is 25.3 Å². The second-order valence-corrected chi connectivity index (χ2v) is 11.2. The number of Topliss-reactive ketones (excluding diaryl/α,β-unsaturated/α-hetero) is 1. The van der Waals surface area contributed by atoms with Gasteiger partial charge in [0, 0.05) is 40.9 Å². The molecule has 39 heavy (non-hydrogen) atoms. The maximum Gasteiger partial charge on any atom is 0.254 e. The lowest BCUT2D eigenvalue weighted by Crippen LogP contribution is -2.53. The molecule has 3 aromatic heterocycles. The number of nitrogens with two attached hydrogens (primary N) is 1. The Hall–Kier alpha value is -4.11. The van der Waals surface area contributed by atoms with Crippen LogP contribution in [-0.2, 0) is 4.79 Å². The molecule has 2 aliphatic heterocycles. The largest absolute Gasteiger partial charge is 0.383 e. The van der Waals surface area contributed by atoms with E-state index < -0.39 is 5.60 Å². The summed E-state index contributed by atoms with van der Waals surface area (Å²) in [7, 11) is 0. The molecule has 2 saturated heterocycles. The number of nitrogen functional groups attached to an aromatic ring is 1. The van der Waals surface area contributed by atoms with E-state index in [-0.39, 0.29) is 35.5 Å². The number of ketones is 1. The fraction of sp³-hybridized carbons (Fsp3) is 0.367. The van der Waals surface area contributed by atoms with E-state index in [9.17, 15) is 14.7 Å². The molecule has 2 fully saturated rings. The summed E-state index contributed by atoms with van der Waals surface area (Å²) in [6, 6.07) is 13.9. The summed E-state index contributed by atoms with van der Waals surface area (Å²) in [6.45, 7) is 4.57. The molecule has 2 atom stereocenters. The molecule has 0 aliphatic carbocycles. The Morgan fingerprint density at radius 1 is 1.00 bits per heavy atom. The van der Waals surface area contributed by atoms with Crippen LogP contribution in [0.1, 0.15) is 68.4 Å². The average molecular weight is 525 g/mol. The summed E-state index contributed by atoms with van der Waals surface area (Å²) in [5.74, 6) is -0.177. The van der Waals surface area contributed by atoms with E-state index in [0.29, 0.717) is 29.7 Å². The van der Waals surface area contributed by atoms with Gasteiger partial charge in [-0.3, -0.25) is 14.6 Å². The zero-order valence-electron chi connectivity index (χ0n) is 22.3. The van der Waals surface area contributed by atoms with Crippen LogP contribution in [0.25, 0.3) is 28.0 Å². The monoisotopic (exact) mass is 524 g/mol. The smallest absolute Gasteiger partial charge is 0.254 e. The number of nitrogens with zero attached hydrogens (tertiary/aromatic N) is 5. The Labute approximate surface area is 226 Å². The molecule has 0 radical (unpaired) electrons. The van der Waals surface area contributed by atoms with Crippen molar-refractivity contribution in [3.63, 3.8) is 0 Å². The van der Waals surface area contributed by atoms with E-state index in [1.807, 2.05) is 47.4 Å². The summed E-state index contributed by atoms with van der Waals surface area (Å²) < 4.78 is 1.53. The van der Waals surface area contributed by atoms with Crippen molar-refractivity contribution in [1.82, 2.24) is 24.5 Å². The number of rotatable bonds is 5. The number of aromatic nitrogens is 4. The number of benzene rings is 1. The highest BCUT2D eigenvalue weighted by molar-refractivity contribution is 6.00. The third-order valence-electron chi connectivity index (χ3n) is 8.08. The van der Waals surface area contributed by atoms with Crippen molar-refractivity contribution in [2.24, 2.45) is 0 Å². The summed E-state index contributed by atoms with van der Waals surface area (Å²) >= 11 is 0. The van der Waals surface area contributed by atoms with E-state index in [4.69, 9.17) is 10.7 Å². The zero-order valence-corrected chi connectivity index (χ0v) is 22.3. The van der Waals surface area contributed by atoms with Crippen LogP contribution in [0.2, 0.25) is 0 Å². The molecular weight excluding hydrogens is 492 g/mol. The predicted octanol–water partition coefficient (Wildman–Crippen LogP) is 4.25. The van der Waals surface area contributed by atoms with E-state index in [1.54, 1.807) is 12.4 Å². The van der Waals surface area contributed by atoms with Crippen molar-refractivity contribution in [1.29, 1.82) is 0 Å². The lowest BCUT2D eigenvalue weighted by Gasteiger charge is -2.41. The van der Waals surface area contributed by atoms with Gasteiger partial charge in [-0.2, -0.15) is 9.61 Å². The first-order valence-corrected chi connectivity index (χ1v) is 13.4. The van der Waals surface area contributed by atoms with Gasteiger partial charge in [-0.1, -0.05) is 36.4 Å². The van der Waals surface area contributed by atoms with Crippen LogP contribution in [0.4, 0.5) is 5.82 Å². The fourth-order valence-electron chi connectivity index (χ4n) is 6.27. The topological polar surface area (TPSA) is 127 Å². The Balaban J connectivity index is 1.39. The first-order chi connectivity index (χ1) is 18.6. The van der Waals surface area contributed by atoms with Gasteiger partial charge in [-0.05, 0) is 52.5 Å². The highest BCUT2D eigenvalue weighted by atomic mass is 16.3. The molecule has 9 nitrogen and oxygen atoms in total. The number of amides is 1. The first-order valence-electron chi connectivity index (χ1n) is 13.4. The molecule has 1 amide bonds. The minimum atomic E-state index is -1.42. The summed E-state index contributed by atoms with van der Waals surface area (Å²) in [5.41, 5.74) is 10.3. The number of carbonyl (C=O) groups excluding carboxylic acids is 2. The van der Waals surface area contributed by atoms with Crippen LogP contribution in [0, 0.1) is 0 Å². The maximum atomic E-state index is 13.0. The lowest BCUT2D eigenvalue weighted by molar-refractivity contribution is -0.152. The van der Waals surface area contributed by atoms with Crippen LogP contribution < -0.4 is 5.73 Å². The molecule has 0 saturated carbocycles. The van der Waals surface area contributed by atoms with Crippen LogP contribution in [0.5, 0.6) is 0 Å². The Bertz CT molecular complexity index is 1560. The number of hydrogen-bond acceptors (Lipinski definition) is 7. The molecule has 200 valence electrons. The number of fused-ring (bicyclic) bond motifs is 3. The molecule has 6 rings (SSSR count). The third-order valence-corrected chi connectivity index (χ3v) is 8.08. The standard InChI is InChI=1S/C30H32N6O3/c1-17(37)25-26(20-13-21-10-11-22(14-20)35(21)29(38)30(2,3)39)34-28-23(16-33-36(28)27(25)31)19-9-12-24(32-15-19)18-7-5-4-6-8-18/h4-9,12,15-16,20-22,39H,10-11,13-14,31H2,1-3H3. The minimum Gasteiger partial charge on any atom is -0.383 e. The molecule has 5 heterocycles. The fourth-order valence-corrected chi connectivity index (χ4v) is 6.27. The lowest BCUT2D eigenvalue weighted by atomic mass is 9.84. The molecule has 2 bridgehead atoms. The zero-order chi connectivity index (χ0) is 27.5. The normalized spacial score (nSPS) is 20.9. The molecular formula is C30H32N6O3. The van der Waals surface area contributed by atoms with Gasteiger partial charge in [0.05, 0.1) is 23.1 Å². The van der Waals surface area contributed by atoms with Gasteiger partial charge < -0.3 is 15.7 Å². The minimum absolute atomic E-state index is 0.00848. The quantitative estimate of drug-likeness (QED) is 0.374. The summed E-state index contributed by atoms with van der Waals surface area (Å²) in [4.78, 5) is 37.4. The number of aliphatic hydroxyl groups is 1. The van der Waals surface area contributed by atoms with Crippen molar-refractivity contribution in [2.45, 2.75) is 70.1 Å². The number of anilines is 1. The van der Waals surface area contributed by atoms with E-state index in [2.05, 4.69) is 10.1 Å². The van der Waals surface area contributed by atoms with Gasteiger partial charge >= 0.3 is 0 Å².